The summed E-state index contributed by atoms with van der Waals surface area (Å²) in [6, 6.07) is 0.574. The van der Waals surface area contributed by atoms with Gasteiger partial charge in [0.15, 0.2) is 0 Å². The Morgan fingerprint density at radius 1 is 1.60 bits per heavy atom. The molecule has 15 heavy (non-hydrogen) atoms. The minimum absolute atomic E-state index is 0.212. The highest BCUT2D eigenvalue weighted by atomic mass is 15.3. The summed E-state index contributed by atoms with van der Waals surface area (Å²) in [6.45, 7) is 1.99. The normalized spacial score (nSPS) is 17.1. The number of hydrogen-bond donors (Lipinski definition) is 2. The van der Waals surface area contributed by atoms with Gasteiger partial charge in [-0.1, -0.05) is 12.8 Å². The molecule has 0 unspecified atom stereocenters. The standard InChI is InChI=1S/C11H18N4/c1-8-9(6-11(12)13)7-15(14-8)10-4-2-3-5-10/h7,10H,2-6H2,1H3,(H3,12,13). The summed E-state index contributed by atoms with van der Waals surface area (Å²) in [7, 11) is 0. The van der Waals surface area contributed by atoms with Gasteiger partial charge < -0.3 is 5.73 Å². The topological polar surface area (TPSA) is 67.7 Å². The molecule has 1 saturated carbocycles. The maximum atomic E-state index is 7.29. The van der Waals surface area contributed by atoms with Crippen molar-refractivity contribution in [1.82, 2.24) is 9.78 Å². The summed E-state index contributed by atoms with van der Waals surface area (Å²) in [6.07, 6.45) is 7.68. The van der Waals surface area contributed by atoms with Crippen LogP contribution in [-0.4, -0.2) is 15.6 Å². The summed E-state index contributed by atoms with van der Waals surface area (Å²) in [5.74, 6) is 0.212. The number of aryl methyl sites for hydroxylation is 1. The highest BCUT2D eigenvalue weighted by Gasteiger charge is 2.18. The van der Waals surface area contributed by atoms with E-state index in [1.165, 1.54) is 25.7 Å². The Balaban J connectivity index is 2.16. The molecule has 0 amide bonds. The van der Waals surface area contributed by atoms with Crippen LogP contribution in [-0.2, 0) is 6.42 Å². The molecular weight excluding hydrogens is 188 g/mol. The largest absolute Gasteiger partial charge is 0.387 e. The lowest BCUT2D eigenvalue weighted by Crippen LogP contribution is -2.12. The van der Waals surface area contributed by atoms with Crippen molar-refractivity contribution in [3.63, 3.8) is 0 Å². The first-order chi connectivity index (χ1) is 7.16. The molecule has 1 heterocycles. The van der Waals surface area contributed by atoms with Gasteiger partial charge in [0.1, 0.15) is 0 Å². The van der Waals surface area contributed by atoms with E-state index in [1.54, 1.807) is 0 Å². The average molecular weight is 206 g/mol. The first kappa shape index (κ1) is 10.2. The zero-order valence-electron chi connectivity index (χ0n) is 9.16. The Morgan fingerprint density at radius 2 is 2.27 bits per heavy atom. The van der Waals surface area contributed by atoms with Crippen molar-refractivity contribution >= 4 is 5.84 Å². The van der Waals surface area contributed by atoms with Gasteiger partial charge >= 0.3 is 0 Å². The Hall–Kier alpha value is -1.32. The maximum Gasteiger partial charge on any atom is 0.0951 e. The predicted molar refractivity (Wildman–Crippen MR) is 60.1 cm³/mol. The summed E-state index contributed by atoms with van der Waals surface area (Å²) in [4.78, 5) is 0. The number of nitrogens with two attached hydrogens (primary N) is 1. The summed E-state index contributed by atoms with van der Waals surface area (Å²) >= 11 is 0. The van der Waals surface area contributed by atoms with E-state index in [4.69, 9.17) is 11.1 Å². The first-order valence-electron chi connectivity index (χ1n) is 5.54. The fourth-order valence-corrected chi connectivity index (χ4v) is 2.25. The number of rotatable bonds is 3. The van der Waals surface area contributed by atoms with Crippen LogP contribution in [0.4, 0.5) is 0 Å². The molecule has 3 N–H and O–H groups in total. The summed E-state index contributed by atoms with van der Waals surface area (Å²) in [5.41, 5.74) is 7.51. The average Bonchev–Trinajstić information content (AvgIpc) is 2.75. The van der Waals surface area contributed by atoms with Crippen LogP contribution >= 0.6 is 0 Å². The van der Waals surface area contributed by atoms with Gasteiger partial charge in [0.25, 0.3) is 0 Å². The van der Waals surface area contributed by atoms with E-state index in [0.29, 0.717) is 12.5 Å². The molecule has 0 bridgehead atoms. The highest BCUT2D eigenvalue weighted by molar-refractivity contribution is 5.79. The monoisotopic (exact) mass is 206 g/mol. The van der Waals surface area contributed by atoms with Gasteiger partial charge in [0.05, 0.1) is 17.6 Å². The fraction of sp³-hybridized carbons (Fsp3) is 0.636. The van der Waals surface area contributed by atoms with Gasteiger partial charge in [-0.05, 0) is 19.8 Å². The van der Waals surface area contributed by atoms with Crippen LogP contribution < -0.4 is 5.73 Å². The zero-order chi connectivity index (χ0) is 10.8. The van der Waals surface area contributed by atoms with E-state index >= 15 is 0 Å². The molecule has 1 aromatic rings. The van der Waals surface area contributed by atoms with E-state index in [-0.39, 0.29) is 5.84 Å². The molecule has 1 aromatic heterocycles. The lowest BCUT2D eigenvalue weighted by Gasteiger charge is -2.08. The van der Waals surface area contributed by atoms with Crippen molar-refractivity contribution in [2.75, 3.05) is 0 Å². The van der Waals surface area contributed by atoms with Crippen molar-refractivity contribution in [1.29, 1.82) is 5.41 Å². The van der Waals surface area contributed by atoms with Gasteiger partial charge in [-0.25, -0.2) is 0 Å². The van der Waals surface area contributed by atoms with Crippen LogP contribution in [0, 0.1) is 12.3 Å². The second kappa shape index (κ2) is 4.04. The Kier molecular flexibility index (Phi) is 2.75. The van der Waals surface area contributed by atoms with E-state index in [9.17, 15) is 0 Å². The molecule has 4 nitrogen and oxygen atoms in total. The number of nitrogens with zero attached hydrogens (tertiary/aromatic N) is 2. The van der Waals surface area contributed by atoms with Crippen LogP contribution in [0.5, 0.6) is 0 Å². The Morgan fingerprint density at radius 3 is 2.87 bits per heavy atom. The lowest BCUT2D eigenvalue weighted by atomic mass is 10.2. The molecule has 0 atom stereocenters. The Labute approximate surface area is 90.0 Å². The van der Waals surface area contributed by atoms with Crippen molar-refractivity contribution in [3.05, 3.63) is 17.5 Å². The van der Waals surface area contributed by atoms with Crippen molar-refractivity contribution < 1.29 is 0 Å². The molecule has 4 heteroatoms. The van der Waals surface area contributed by atoms with Crippen LogP contribution in [0.25, 0.3) is 0 Å². The van der Waals surface area contributed by atoms with Gasteiger partial charge in [-0.3, -0.25) is 10.1 Å². The smallest absolute Gasteiger partial charge is 0.0951 e. The van der Waals surface area contributed by atoms with E-state index in [2.05, 4.69) is 16.0 Å². The van der Waals surface area contributed by atoms with Crippen molar-refractivity contribution in [2.45, 2.75) is 45.1 Å². The molecule has 82 valence electrons. The van der Waals surface area contributed by atoms with Gasteiger partial charge in [-0.15, -0.1) is 0 Å². The molecule has 0 spiro atoms. The second-order valence-corrected chi connectivity index (χ2v) is 4.36. The van der Waals surface area contributed by atoms with Crippen molar-refractivity contribution in [2.24, 2.45) is 5.73 Å². The van der Waals surface area contributed by atoms with E-state index < -0.39 is 0 Å². The van der Waals surface area contributed by atoms with Crippen molar-refractivity contribution in [3.8, 4) is 0 Å². The molecule has 1 aliphatic rings. The maximum absolute atomic E-state index is 7.29. The Bertz CT molecular complexity index is 361. The first-order valence-corrected chi connectivity index (χ1v) is 5.54. The number of nitrogens with one attached hydrogen (secondary N) is 1. The van der Waals surface area contributed by atoms with Crippen LogP contribution in [0.1, 0.15) is 43.0 Å². The molecule has 0 saturated heterocycles. The fourth-order valence-electron chi connectivity index (χ4n) is 2.25. The quantitative estimate of drug-likeness (QED) is 0.584. The minimum Gasteiger partial charge on any atom is -0.387 e. The predicted octanol–water partition coefficient (Wildman–Crippen LogP) is 1.79. The van der Waals surface area contributed by atoms with E-state index in [0.717, 1.165) is 11.3 Å². The molecule has 1 aliphatic carbocycles. The number of hydrogen-bond acceptors (Lipinski definition) is 2. The van der Waals surface area contributed by atoms with Crippen LogP contribution in [0.15, 0.2) is 6.20 Å². The highest BCUT2D eigenvalue weighted by Crippen LogP contribution is 2.29. The second-order valence-electron chi connectivity index (χ2n) is 4.36. The van der Waals surface area contributed by atoms with Gasteiger partial charge in [0, 0.05) is 18.2 Å². The molecule has 1 fully saturated rings. The van der Waals surface area contributed by atoms with Gasteiger partial charge in [-0.2, -0.15) is 5.10 Å². The number of amidine groups is 1. The molecule has 0 aliphatic heterocycles. The molecular formula is C11H18N4. The van der Waals surface area contributed by atoms with Crippen LogP contribution in [0.3, 0.4) is 0 Å². The third-order valence-electron chi connectivity index (χ3n) is 3.10. The number of aromatic nitrogens is 2. The minimum atomic E-state index is 0.212. The lowest BCUT2D eigenvalue weighted by molar-refractivity contribution is 0.464. The van der Waals surface area contributed by atoms with E-state index in [1.807, 2.05) is 6.92 Å². The summed E-state index contributed by atoms with van der Waals surface area (Å²) in [5, 5.41) is 11.8. The zero-order valence-corrected chi connectivity index (χ0v) is 9.16. The molecule has 2 rings (SSSR count). The SMILES string of the molecule is Cc1nn(C2CCCC2)cc1CC(=N)N. The third-order valence-corrected chi connectivity index (χ3v) is 3.10. The third kappa shape index (κ3) is 2.19. The molecule has 0 aromatic carbocycles. The van der Waals surface area contributed by atoms with Gasteiger partial charge in [0.2, 0.25) is 0 Å². The summed E-state index contributed by atoms with van der Waals surface area (Å²) < 4.78 is 2.07. The van der Waals surface area contributed by atoms with Crippen LogP contribution in [0.2, 0.25) is 0 Å². The molecule has 0 radical (unpaired) electrons.